The van der Waals surface area contributed by atoms with Gasteiger partial charge in [-0.05, 0) is 68.3 Å². The van der Waals surface area contributed by atoms with Crippen LogP contribution in [0.3, 0.4) is 0 Å². The number of carbonyl (C=O) groups is 1. The second kappa shape index (κ2) is 6.27. The number of aryl methyl sites for hydroxylation is 1. The highest BCUT2D eigenvalue weighted by atomic mass is 79.9. The number of rotatable bonds is 5. The van der Waals surface area contributed by atoms with E-state index in [9.17, 15) is 4.79 Å². The van der Waals surface area contributed by atoms with Gasteiger partial charge in [-0.15, -0.1) is 0 Å². The summed E-state index contributed by atoms with van der Waals surface area (Å²) in [6, 6.07) is 0. The van der Waals surface area contributed by atoms with Crippen molar-refractivity contribution >= 4 is 33.6 Å². The van der Waals surface area contributed by atoms with E-state index in [4.69, 9.17) is 0 Å². The number of carbonyl (C=O) groups excluding carboxylic acids is 1. The van der Waals surface area contributed by atoms with Gasteiger partial charge in [-0.3, -0.25) is 4.79 Å². The lowest BCUT2D eigenvalue weighted by Gasteiger charge is -2.60. The quantitative estimate of drug-likeness (QED) is 0.457. The minimum atomic E-state index is 0.101. The number of nitrogens with zero attached hydrogens (tertiary/aromatic N) is 2. The van der Waals surface area contributed by atoms with Gasteiger partial charge in [-0.2, -0.15) is 0 Å². The molecule has 1 amide bonds. The van der Waals surface area contributed by atoms with Gasteiger partial charge in [0.15, 0.2) is 5.16 Å². The summed E-state index contributed by atoms with van der Waals surface area (Å²) in [5, 5.41) is 3.87. The predicted octanol–water partition coefficient (Wildman–Crippen LogP) is 3.73. The third-order valence-electron chi connectivity index (χ3n) is 5.86. The van der Waals surface area contributed by atoms with E-state index in [0.717, 1.165) is 23.9 Å². The van der Waals surface area contributed by atoms with E-state index >= 15 is 0 Å². The van der Waals surface area contributed by atoms with Gasteiger partial charge in [0, 0.05) is 23.3 Å². The summed E-state index contributed by atoms with van der Waals surface area (Å²) in [4.78, 5) is 20.7. The number of thioether (sulfide) groups is 1. The minimum absolute atomic E-state index is 0.101. The number of aromatic nitrogens is 2. The van der Waals surface area contributed by atoms with Crippen molar-refractivity contribution < 1.29 is 4.79 Å². The molecule has 0 unspecified atom stereocenters. The van der Waals surface area contributed by atoms with Crippen LogP contribution in [0.15, 0.2) is 17.6 Å². The first-order valence-corrected chi connectivity index (χ1v) is 10.6. The zero-order valence-electron chi connectivity index (χ0n) is 14.1. The van der Waals surface area contributed by atoms with Crippen LogP contribution in [-0.4, -0.2) is 32.5 Å². The molecule has 4 aliphatic carbocycles. The van der Waals surface area contributed by atoms with E-state index < -0.39 is 0 Å². The molecule has 0 aromatic carbocycles. The van der Waals surface area contributed by atoms with Gasteiger partial charge in [-0.25, -0.2) is 9.97 Å². The standard InChI is InChI=1S/C18H24BrN3OS/c1-12-7-20-16(21-8-12)24-9-15(23)22-11-17-3-13-2-14(4-17)6-18(19,5-13)10-17/h7-8,13-14H,2-6,9-11H2,1H3,(H,22,23)/t13-,14-,17?,18?/m1/s1. The summed E-state index contributed by atoms with van der Waals surface area (Å²) in [6.07, 6.45) is 11.5. The maximum absolute atomic E-state index is 12.3. The first-order valence-electron chi connectivity index (χ1n) is 8.81. The van der Waals surface area contributed by atoms with Crippen LogP contribution in [0.2, 0.25) is 0 Å². The first-order chi connectivity index (χ1) is 11.4. The van der Waals surface area contributed by atoms with Crippen LogP contribution in [-0.2, 0) is 4.79 Å². The SMILES string of the molecule is Cc1cnc(SCC(=O)NCC23C[C@H]4C[C@@H](CC(Br)(C4)C2)C3)nc1. The Morgan fingerprint density at radius 1 is 1.29 bits per heavy atom. The van der Waals surface area contributed by atoms with Gasteiger partial charge >= 0.3 is 0 Å². The third kappa shape index (κ3) is 3.50. The number of hydrogen-bond acceptors (Lipinski definition) is 4. The highest BCUT2D eigenvalue weighted by Gasteiger charge is 2.56. The summed E-state index contributed by atoms with van der Waals surface area (Å²) < 4.78 is 0.353. The van der Waals surface area contributed by atoms with E-state index in [-0.39, 0.29) is 5.91 Å². The van der Waals surface area contributed by atoms with Crippen LogP contribution in [0.5, 0.6) is 0 Å². The van der Waals surface area contributed by atoms with E-state index in [2.05, 4.69) is 31.2 Å². The van der Waals surface area contributed by atoms with Gasteiger partial charge in [0.1, 0.15) is 0 Å². The van der Waals surface area contributed by atoms with Gasteiger partial charge < -0.3 is 5.32 Å². The lowest BCUT2D eigenvalue weighted by atomic mass is 9.49. The molecule has 1 aromatic heterocycles. The molecule has 1 N–H and O–H groups in total. The van der Waals surface area contributed by atoms with Crippen LogP contribution in [0.1, 0.15) is 44.1 Å². The topological polar surface area (TPSA) is 54.9 Å². The molecule has 4 nitrogen and oxygen atoms in total. The lowest BCUT2D eigenvalue weighted by Crippen LogP contribution is -2.56. The molecular weight excluding hydrogens is 386 g/mol. The van der Waals surface area contributed by atoms with Gasteiger partial charge in [-0.1, -0.05) is 27.7 Å². The maximum Gasteiger partial charge on any atom is 0.230 e. The fraction of sp³-hybridized carbons (Fsp3) is 0.722. The van der Waals surface area contributed by atoms with Crippen molar-refractivity contribution in [3.8, 4) is 0 Å². The molecule has 0 saturated heterocycles. The normalized spacial score (nSPS) is 36.8. The van der Waals surface area contributed by atoms with E-state index in [1.807, 2.05) is 6.92 Å². The van der Waals surface area contributed by atoms with Crippen molar-refractivity contribution in [2.75, 3.05) is 12.3 Å². The van der Waals surface area contributed by atoms with Crippen molar-refractivity contribution in [3.05, 3.63) is 18.0 Å². The second-order valence-electron chi connectivity index (χ2n) is 8.22. The average molecular weight is 410 g/mol. The molecular formula is C18H24BrN3OS. The van der Waals surface area contributed by atoms with E-state index in [1.54, 1.807) is 12.4 Å². The summed E-state index contributed by atoms with van der Waals surface area (Å²) in [5.41, 5.74) is 1.36. The summed E-state index contributed by atoms with van der Waals surface area (Å²) in [6.45, 7) is 2.80. The van der Waals surface area contributed by atoms with Gasteiger partial charge in [0.05, 0.1) is 5.75 Å². The zero-order valence-corrected chi connectivity index (χ0v) is 16.5. The monoisotopic (exact) mass is 409 g/mol. The molecule has 1 aromatic rings. The summed E-state index contributed by atoms with van der Waals surface area (Å²) in [7, 11) is 0. The Morgan fingerprint density at radius 3 is 2.58 bits per heavy atom. The maximum atomic E-state index is 12.3. The van der Waals surface area contributed by atoms with Crippen molar-refractivity contribution in [1.29, 1.82) is 0 Å². The Morgan fingerprint density at radius 2 is 1.96 bits per heavy atom. The Balaban J connectivity index is 1.30. The molecule has 4 bridgehead atoms. The Bertz CT molecular complexity index is 622. The Hall–Kier alpha value is -0.620. The highest BCUT2D eigenvalue weighted by molar-refractivity contribution is 9.10. The number of amides is 1. The molecule has 4 saturated carbocycles. The first kappa shape index (κ1) is 16.8. The van der Waals surface area contributed by atoms with E-state index in [1.165, 1.54) is 50.3 Å². The average Bonchev–Trinajstić information content (AvgIpc) is 2.50. The number of alkyl halides is 1. The molecule has 0 radical (unpaired) electrons. The fourth-order valence-electron chi connectivity index (χ4n) is 5.47. The van der Waals surface area contributed by atoms with Crippen molar-refractivity contribution in [2.45, 2.75) is 54.9 Å². The summed E-state index contributed by atoms with van der Waals surface area (Å²) >= 11 is 5.44. The molecule has 0 spiro atoms. The van der Waals surface area contributed by atoms with Crippen molar-refractivity contribution in [2.24, 2.45) is 17.3 Å². The highest BCUT2D eigenvalue weighted by Crippen LogP contribution is 2.64. The largest absolute Gasteiger partial charge is 0.355 e. The van der Waals surface area contributed by atoms with Crippen LogP contribution in [0.25, 0.3) is 0 Å². The lowest BCUT2D eigenvalue weighted by molar-refractivity contribution is -0.120. The molecule has 0 aliphatic heterocycles. The molecule has 2 atom stereocenters. The molecule has 1 heterocycles. The molecule has 6 heteroatoms. The third-order valence-corrected chi connectivity index (χ3v) is 7.66. The zero-order chi connectivity index (χ0) is 16.8. The number of nitrogens with one attached hydrogen (secondary N) is 1. The minimum Gasteiger partial charge on any atom is -0.355 e. The van der Waals surface area contributed by atoms with Gasteiger partial charge in [0.25, 0.3) is 0 Å². The number of halogens is 1. The smallest absolute Gasteiger partial charge is 0.230 e. The summed E-state index contributed by atoms with van der Waals surface area (Å²) in [5.74, 6) is 2.21. The Labute approximate surface area is 156 Å². The van der Waals surface area contributed by atoms with Crippen LogP contribution in [0.4, 0.5) is 0 Å². The second-order valence-corrected chi connectivity index (χ2v) is 10.8. The van der Waals surface area contributed by atoms with Crippen molar-refractivity contribution in [1.82, 2.24) is 15.3 Å². The molecule has 4 fully saturated rings. The fourth-order valence-corrected chi connectivity index (χ4v) is 7.59. The molecule has 24 heavy (non-hydrogen) atoms. The van der Waals surface area contributed by atoms with Crippen LogP contribution >= 0.6 is 27.7 Å². The van der Waals surface area contributed by atoms with Crippen LogP contribution in [0, 0.1) is 24.2 Å². The van der Waals surface area contributed by atoms with Gasteiger partial charge in [0.2, 0.25) is 5.91 Å². The molecule has 4 aliphatic rings. The Kier molecular flexibility index (Phi) is 4.40. The van der Waals surface area contributed by atoms with Crippen molar-refractivity contribution in [3.63, 3.8) is 0 Å². The molecule has 5 rings (SSSR count). The molecule has 130 valence electrons. The predicted molar refractivity (Wildman–Crippen MR) is 99.3 cm³/mol. The van der Waals surface area contributed by atoms with Crippen LogP contribution < -0.4 is 5.32 Å². The number of hydrogen-bond donors (Lipinski definition) is 1. The van der Waals surface area contributed by atoms with E-state index in [0.29, 0.717) is 20.6 Å².